The minimum absolute atomic E-state index is 0.240. The molecule has 0 unspecified atom stereocenters. The zero-order valence-corrected chi connectivity index (χ0v) is 14.7. The number of benzene rings is 1. The molecule has 1 aromatic carbocycles. The number of pyridine rings is 1. The third-order valence-corrected chi connectivity index (χ3v) is 3.94. The summed E-state index contributed by atoms with van der Waals surface area (Å²) < 4.78 is 1.72. The summed E-state index contributed by atoms with van der Waals surface area (Å²) in [6, 6.07) is 9.16. The molecule has 1 amide bonds. The summed E-state index contributed by atoms with van der Waals surface area (Å²) in [6.07, 6.45) is 2.71. The van der Waals surface area contributed by atoms with E-state index in [2.05, 4.69) is 54.4 Å². The van der Waals surface area contributed by atoms with Crippen molar-refractivity contribution in [1.82, 2.24) is 4.98 Å². The van der Waals surface area contributed by atoms with Crippen LogP contribution in [0.15, 0.2) is 45.5 Å². The van der Waals surface area contributed by atoms with Crippen LogP contribution in [0.3, 0.4) is 0 Å². The van der Waals surface area contributed by atoms with Crippen molar-refractivity contribution < 1.29 is 4.79 Å². The number of nitrogens with one attached hydrogen (secondary N) is 2. The number of nitrogens with zero attached hydrogens (tertiary/aromatic N) is 1. The lowest BCUT2D eigenvalue weighted by molar-refractivity contribution is 0.102. The molecule has 1 heterocycles. The summed E-state index contributed by atoms with van der Waals surface area (Å²) >= 11 is 6.79. The van der Waals surface area contributed by atoms with Gasteiger partial charge in [0.25, 0.3) is 5.91 Å². The van der Waals surface area contributed by atoms with Gasteiger partial charge < -0.3 is 10.6 Å². The van der Waals surface area contributed by atoms with Crippen molar-refractivity contribution in [2.75, 3.05) is 17.2 Å². The monoisotopic (exact) mass is 411 g/mol. The molecule has 21 heavy (non-hydrogen) atoms. The Morgan fingerprint density at radius 2 is 2.05 bits per heavy atom. The minimum Gasteiger partial charge on any atom is -0.384 e. The maximum Gasteiger partial charge on any atom is 0.274 e. The molecule has 2 aromatic rings. The van der Waals surface area contributed by atoms with Gasteiger partial charge in [0.2, 0.25) is 0 Å². The minimum atomic E-state index is -0.240. The van der Waals surface area contributed by atoms with Crippen LogP contribution in [0.2, 0.25) is 0 Å². The van der Waals surface area contributed by atoms with E-state index in [4.69, 9.17) is 0 Å². The third kappa shape index (κ3) is 4.54. The topological polar surface area (TPSA) is 54.0 Å². The second-order valence-electron chi connectivity index (χ2n) is 4.44. The number of carbonyl (C=O) groups excluding carboxylic acids is 1. The van der Waals surface area contributed by atoms with Gasteiger partial charge in [-0.15, -0.1) is 0 Å². The molecule has 6 heteroatoms. The first-order valence-electron chi connectivity index (χ1n) is 6.56. The van der Waals surface area contributed by atoms with E-state index >= 15 is 0 Å². The summed E-state index contributed by atoms with van der Waals surface area (Å²) in [5, 5.41) is 6.05. The van der Waals surface area contributed by atoms with Crippen LogP contribution in [0.25, 0.3) is 0 Å². The van der Waals surface area contributed by atoms with Gasteiger partial charge in [-0.2, -0.15) is 0 Å². The molecule has 4 nitrogen and oxygen atoms in total. The van der Waals surface area contributed by atoms with Crippen molar-refractivity contribution >= 4 is 49.1 Å². The van der Waals surface area contributed by atoms with E-state index in [0.717, 1.165) is 27.6 Å². The molecule has 0 aliphatic rings. The van der Waals surface area contributed by atoms with Crippen molar-refractivity contribution in [3.63, 3.8) is 0 Å². The molecule has 0 fully saturated rings. The van der Waals surface area contributed by atoms with Gasteiger partial charge in [0.15, 0.2) is 0 Å². The van der Waals surface area contributed by atoms with E-state index in [0.29, 0.717) is 11.4 Å². The van der Waals surface area contributed by atoms with Crippen LogP contribution in [-0.2, 0) is 0 Å². The number of carbonyl (C=O) groups is 1. The fourth-order valence-corrected chi connectivity index (χ4v) is 2.39. The number of hydrogen-bond acceptors (Lipinski definition) is 3. The first-order valence-corrected chi connectivity index (χ1v) is 8.15. The molecule has 110 valence electrons. The molecule has 0 atom stereocenters. The lowest BCUT2D eigenvalue weighted by Crippen LogP contribution is -2.14. The second kappa shape index (κ2) is 7.56. The smallest absolute Gasteiger partial charge is 0.274 e. The molecular weight excluding hydrogens is 398 g/mol. The SMILES string of the molecule is CCCNc1ccc(C(=O)Nc2cc(Br)ccc2Br)nc1. The highest BCUT2D eigenvalue weighted by Crippen LogP contribution is 2.26. The van der Waals surface area contributed by atoms with Gasteiger partial charge in [-0.05, 0) is 52.7 Å². The van der Waals surface area contributed by atoms with Crippen LogP contribution < -0.4 is 10.6 Å². The largest absolute Gasteiger partial charge is 0.384 e. The van der Waals surface area contributed by atoms with E-state index in [-0.39, 0.29) is 5.91 Å². The Labute approximate surface area is 140 Å². The van der Waals surface area contributed by atoms with Crippen molar-refractivity contribution in [3.8, 4) is 0 Å². The number of amides is 1. The molecule has 2 rings (SSSR count). The standard InChI is InChI=1S/C15H15Br2N3O/c1-2-7-18-11-4-6-13(19-9-11)15(21)20-14-8-10(16)3-5-12(14)17/h3-6,8-9,18H,2,7H2,1H3,(H,20,21). The Balaban J connectivity index is 2.07. The van der Waals surface area contributed by atoms with E-state index in [1.807, 2.05) is 24.3 Å². The maximum atomic E-state index is 12.2. The van der Waals surface area contributed by atoms with E-state index in [1.165, 1.54) is 0 Å². The Morgan fingerprint density at radius 3 is 2.71 bits per heavy atom. The van der Waals surface area contributed by atoms with Crippen LogP contribution >= 0.6 is 31.9 Å². The molecule has 0 aliphatic carbocycles. The van der Waals surface area contributed by atoms with Crippen LogP contribution in [-0.4, -0.2) is 17.4 Å². The predicted molar refractivity (Wildman–Crippen MR) is 92.8 cm³/mol. The Kier molecular flexibility index (Phi) is 5.76. The molecule has 0 saturated heterocycles. The molecule has 0 aliphatic heterocycles. The Hall–Kier alpha value is -1.40. The van der Waals surface area contributed by atoms with Gasteiger partial charge in [-0.25, -0.2) is 4.98 Å². The Morgan fingerprint density at radius 1 is 1.24 bits per heavy atom. The highest BCUT2D eigenvalue weighted by atomic mass is 79.9. The molecule has 1 aromatic heterocycles. The van der Waals surface area contributed by atoms with Crippen LogP contribution in [0.5, 0.6) is 0 Å². The van der Waals surface area contributed by atoms with Gasteiger partial charge in [0, 0.05) is 15.5 Å². The van der Waals surface area contributed by atoms with E-state index in [9.17, 15) is 4.79 Å². The second-order valence-corrected chi connectivity index (χ2v) is 6.21. The summed E-state index contributed by atoms with van der Waals surface area (Å²) in [7, 11) is 0. The third-order valence-electron chi connectivity index (χ3n) is 2.75. The highest BCUT2D eigenvalue weighted by molar-refractivity contribution is 9.11. The normalized spacial score (nSPS) is 10.2. The quantitative estimate of drug-likeness (QED) is 0.749. The van der Waals surface area contributed by atoms with E-state index < -0.39 is 0 Å². The van der Waals surface area contributed by atoms with Gasteiger partial charge in [-0.1, -0.05) is 22.9 Å². The van der Waals surface area contributed by atoms with Crippen molar-refractivity contribution in [2.24, 2.45) is 0 Å². The predicted octanol–water partition coefficient (Wildman–Crippen LogP) is 4.68. The molecule has 0 saturated carbocycles. The summed E-state index contributed by atoms with van der Waals surface area (Å²) in [5.41, 5.74) is 1.99. The lowest BCUT2D eigenvalue weighted by Gasteiger charge is -2.08. The number of hydrogen-bond donors (Lipinski definition) is 2. The first kappa shape index (κ1) is 16.0. The molecule has 0 spiro atoms. The van der Waals surface area contributed by atoms with Crippen LogP contribution in [0.4, 0.5) is 11.4 Å². The van der Waals surface area contributed by atoms with E-state index in [1.54, 1.807) is 12.3 Å². The zero-order valence-electron chi connectivity index (χ0n) is 11.5. The average Bonchev–Trinajstić information content (AvgIpc) is 2.49. The fraction of sp³-hybridized carbons (Fsp3) is 0.200. The molecule has 0 radical (unpaired) electrons. The van der Waals surface area contributed by atoms with Gasteiger partial charge >= 0.3 is 0 Å². The molecular formula is C15H15Br2N3O. The van der Waals surface area contributed by atoms with Gasteiger partial charge in [0.05, 0.1) is 17.6 Å². The van der Waals surface area contributed by atoms with Crippen molar-refractivity contribution in [2.45, 2.75) is 13.3 Å². The fourth-order valence-electron chi connectivity index (χ4n) is 1.68. The number of aromatic nitrogens is 1. The number of halogens is 2. The number of rotatable bonds is 5. The highest BCUT2D eigenvalue weighted by Gasteiger charge is 2.10. The van der Waals surface area contributed by atoms with Crippen molar-refractivity contribution in [3.05, 3.63) is 51.2 Å². The Bertz CT molecular complexity index is 629. The van der Waals surface area contributed by atoms with Crippen molar-refractivity contribution in [1.29, 1.82) is 0 Å². The maximum absolute atomic E-state index is 12.2. The van der Waals surface area contributed by atoms with Crippen LogP contribution in [0.1, 0.15) is 23.8 Å². The summed E-state index contributed by atoms with van der Waals surface area (Å²) in [5.74, 6) is -0.240. The number of anilines is 2. The lowest BCUT2D eigenvalue weighted by atomic mass is 10.3. The first-order chi connectivity index (χ1) is 10.1. The summed E-state index contributed by atoms with van der Waals surface area (Å²) in [6.45, 7) is 2.98. The van der Waals surface area contributed by atoms with Crippen LogP contribution in [0, 0.1) is 0 Å². The zero-order chi connectivity index (χ0) is 15.2. The summed E-state index contributed by atoms with van der Waals surface area (Å²) in [4.78, 5) is 16.4. The molecule has 0 bridgehead atoms. The molecule has 2 N–H and O–H groups in total. The van der Waals surface area contributed by atoms with Gasteiger partial charge in [0.1, 0.15) is 5.69 Å². The average molecular weight is 413 g/mol. The van der Waals surface area contributed by atoms with Gasteiger partial charge in [-0.3, -0.25) is 4.79 Å².